The van der Waals surface area contributed by atoms with Gasteiger partial charge >= 0.3 is 0 Å². The van der Waals surface area contributed by atoms with E-state index in [1.54, 1.807) is 24.5 Å². The van der Waals surface area contributed by atoms with Crippen LogP contribution in [0.15, 0.2) is 48.8 Å². The predicted octanol–water partition coefficient (Wildman–Crippen LogP) is 0.215. The first-order chi connectivity index (χ1) is 15.8. The fourth-order valence-electron chi connectivity index (χ4n) is 4.16. The van der Waals surface area contributed by atoms with E-state index in [0.717, 1.165) is 16.7 Å². The molecule has 3 rings (SSSR count). The molecule has 9 heteroatoms. The Morgan fingerprint density at radius 1 is 1.21 bits per heavy atom. The highest BCUT2D eigenvalue weighted by atomic mass is 16.3. The monoisotopic (exact) mass is 453 g/mol. The molecule has 1 fully saturated rings. The molecule has 0 aliphatic carbocycles. The van der Waals surface area contributed by atoms with Crippen molar-refractivity contribution in [1.82, 2.24) is 20.5 Å². The van der Waals surface area contributed by atoms with Gasteiger partial charge in [0, 0.05) is 51.3 Å². The number of carbonyl (C=O) groups is 3. The zero-order chi connectivity index (χ0) is 24.0. The van der Waals surface area contributed by atoms with Gasteiger partial charge < -0.3 is 26.4 Å². The number of likely N-dealkylation sites (tertiary alicyclic amines) is 1. The van der Waals surface area contributed by atoms with Gasteiger partial charge in [-0.1, -0.05) is 24.3 Å². The number of pyridine rings is 1. The Morgan fingerprint density at radius 3 is 2.58 bits per heavy atom. The summed E-state index contributed by atoms with van der Waals surface area (Å²) < 4.78 is 0. The summed E-state index contributed by atoms with van der Waals surface area (Å²) in [5.41, 5.74) is 8.96. The van der Waals surface area contributed by atoms with Crippen molar-refractivity contribution in [2.75, 3.05) is 13.6 Å². The van der Waals surface area contributed by atoms with E-state index >= 15 is 0 Å². The number of likely N-dealkylation sites (N-methyl/N-ethyl adjacent to an activating group) is 1. The number of aliphatic hydroxyl groups excluding tert-OH is 1. The van der Waals surface area contributed by atoms with Crippen molar-refractivity contribution in [2.45, 2.75) is 50.4 Å². The third-order valence-corrected chi connectivity index (χ3v) is 5.95. The topological polar surface area (TPSA) is 138 Å². The zero-order valence-corrected chi connectivity index (χ0v) is 18.9. The number of benzene rings is 1. The summed E-state index contributed by atoms with van der Waals surface area (Å²) in [5, 5.41) is 15.5. The smallest absolute Gasteiger partial charge is 0.243 e. The Labute approximate surface area is 193 Å². The van der Waals surface area contributed by atoms with E-state index in [1.807, 2.05) is 31.2 Å². The number of aromatic nitrogens is 1. The lowest BCUT2D eigenvalue weighted by molar-refractivity contribution is -0.139. The number of rotatable bonds is 8. The van der Waals surface area contributed by atoms with Crippen LogP contribution in [0.3, 0.4) is 0 Å². The van der Waals surface area contributed by atoms with Crippen LogP contribution in [0.2, 0.25) is 0 Å². The normalized spacial score (nSPS) is 19.6. The summed E-state index contributed by atoms with van der Waals surface area (Å²) in [4.78, 5) is 43.9. The third kappa shape index (κ3) is 6.15. The van der Waals surface area contributed by atoms with Crippen LogP contribution >= 0.6 is 0 Å². The molecule has 0 radical (unpaired) electrons. The maximum atomic E-state index is 13.1. The molecule has 0 bridgehead atoms. The number of hydrogen-bond donors (Lipinski definition) is 4. The Morgan fingerprint density at radius 2 is 1.91 bits per heavy atom. The van der Waals surface area contributed by atoms with Gasteiger partial charge in [-0.3, -0.25) is 19.4 Å². The number of carbonyl (C=O) groups excluding carboxylic acids is 3. The molecule has 5 N–H and O–H groups in total. The van der Waals surface area contributed by atoms with E-state index in [0.29, 0.717) is 0 Å². The molecular weight excluding hydrogens is 422 g/mol. The molecule has 3 amide bonds. The molecule has 0 spiro atoms. The molecule has 1 saturated heterocycles. The lowest BCUT2D eigenvalue weighted by Crippen LogP contribution is -2.53. The van der Waals surface area contributed by atoms with Crippen molar-refractivity contribution >= 4 is 17.7 Å². The Bertz CT molecular complexity index is 984. The van der Waals surface area contributed by atoms with Crippen LogP contribution in [-0.4, -0.2) is 64.5 Å². The molecule has 4 atom stereocenters. The Hall–Kier alpha value is -3.30. The second-order valence-corrected chi connectivity index (χ2v) is 8.35. The van der Waals surface area contributed by atoms with Crippen LogP contribution in [0.4, 0.5) is 0 Å². The SMILES string of the molecule is CNC(=O)[C@H](Cc1ccncc1)NC(=O)[C@@H]1C[C@@H](O)CN1C(=O)C[C@H](N)c1ccccc1C. The minimum atomic E-state index is -0.874. The summed E-state index contributed by atoms with van der Waals surface area (Å²) >= 11 is 0. The van der Waals surface area contributed by atoms with Crippen LogP contribution in [0.25, 0.3) is 0 Å². The average molecular weight is 454 g/mol. The number of amides is 3. The van der Waals surface area contributed by atoms with E-state index in [1.165, 1.54) is 11.9 Å². The summed E-state index contributed by atoms with van der Waals surface area (Å²) in [6, 6.07) is 8.89. The molecule has 33 heavy (non-hydrogen) atoms. The van der Waals surface area contributed by atoms with Gasteiger partial charge in [-0.25, -0.2) is 0 Å². The highest BCUT2D eigenvalue weighted by molar-refractivity contribution is 5.92. The number of nitrogens with one attached hydrogen (secondary N) is 2. The molecule has 0 saturated carbocycles. The molecular formula is C24H31N5O4. The highest BCUT2D eigenvalue weighted by Crippen LogP contribution is 2.24. The van der Waals surface area contributed by atoms with Crippen molar-refractivity contribution in [3.63, 3.8) is 0 Å². The predicted molar refractivity (Wildman–Crippen MR) is 123 cm³/mol. The van der Waals surface area contributed by atoms with E-state index in [-0.39, 0.29) is 37.6 Å². The Balaban J connectivity index is 1.70. The molecule has 1 aromatic heterocycles. The van der Waals surface area contributed by atoms with Gasteiger partial charge in [-0.05, 0) is 35.7 Å². The number of aryl methyl sites for hydroxylation is 1. The number of β-amino-alcohol motifs (C(OH)–C–C–N with tert-alkyl or cyclic N) is 1. The van der Waals surface area contributed by atoms with Crippen LogP contribution in [0.1, 0.15) is 35.6 Å². The van der Waals surface area contributed by atoms with Crippen LogP contribution in [-0.2, 0) is 20.8 Å². The number of nitrogens with zero attached hydrogens (tertiary/aromatic N) is 2. The van der Waals surface area contributed by atoms with E-state index in [2.05, 4.69) is 15.6 Å². The van der Waals surface area contributed by atoms with Crippen LogP contribution < -0.4 is 16.4 Å². The van der Waals surface area contributed by atoms with Gasteiger partial charge in [-0.15, -0.1) is 0 Å². The van der Waals surface area contributed by atoms with Gasteiger partial charge in [-0.2, -0.15) is 0 Å². The number of nitrogens with two attached hydrogens (primary N) is 1. The molecule has 176 valence electrons. The second kappa shape index (κ2) is 11.0. The summed E-state index contributed by atoms with van der Waals surface area (Å²) in [5.74, 6) is -1.14. The van der Waals surface area contributed by atoms with Crippen molar-refractivity contribution in [1.29, 1.82) is 0 Å². The molecule has 0 unspecified atom stereocenters. The van der Waals surface area contributed by atoms with Gasteiger partial charge in [0.25, 0.3) is 0 Å². The largest absolute Gasteiger partial charge is 0.391 e. The summed E-state index contributed by atoms with van der Waals surface area (Å²) in [6.07, 6.45) is 2.80. The van der Waals surface area contributed by atoms with Gasteiger partial charge in [0.1, 0.15) is 12.1 Å². The van der Waals surface area contributed by atoms with Crippen LogP contribution in [0, 0.1) is 6.92 Å². The fourth-order valence-corrected chi connectivity index (χ4v) is 4.16. The zero-order valence-electron chi connectivity index (χ0n) is 18.9. The molecule has 1 aliphatic rings. The lowest BCUT2D eigenvalue weighted by Gasteiger charge is -2.27. The van der Waals surface area contributed by atoms with Gasteiger partial charge in [0.2, 0.25) is 17.7 Å². The summed E-state index contributed by atoms with van der Waals surface area (Å²) in [7, 11) is 1.50. The molecule has 1 aliphatic heterocycles. The van der Waals surface area contributed by atoms with Gasteiger partial charge in [0.05, 0.1) is 6.10 Å². The number of aliphatic hydroxyl groups is 1. The first kappa shape index (κ1) is 24.3. The first-order valence-electron chi connectivity index (χ1n) is 11.0. The molecule has 1 aromatic carbocycles. The van der Waals surface area contributed by atoms with Gasteiger partial charge in [0.15, 0.2) is 0 Å². The van der Waals surface area contributed by atoms with Crippen molar-refractivity contribution < 1.29 is 19.5 Å². The molecule has 2 heterocycles. The fraction of sp³-hybridized carbons (Fsp3) is 0.417. The Kier molecular flexibility index (Phi) is 8.13. The summed E-state index contributed by atoms with van der Waals surface area (Å²) in [6.45, 7) is 1.98. The van der Waals surface area contributed by atoms with Crippen molar-refractivity contribution in [3.05, 3.63) is 65.5 Å². The maximum Gasteiger partial charge on any atom is 0.243 e. The first-order valence-corrected chi connectivity index (χ1v) is 11.0. The number of hydrogen-bond acceptors (Lipinski definition) is 6. The molecule has 9 nitrogen and oxygen atoms in total. The standard InChI is InChI=1S/C24H31N5O4/c1-15-5-3-4-6-18(15)19(25)13-22(31)29-14-17(30)12-21(29)24(33)28-20(23(32)26-2)11-16-7-9-27-10-8-16/h3-10,17,19-21,30H,11-14,25H2,1-2H3,(H,26,32)(H,28,33)/t17-,19+,20+,21+/m1/s1. The van der Waals surface area contributed by atoms with Crippen molar-refractivity contribution in [3.8, 4) is 0 Å². The minimum Gasteiger partial charge on any atom is -0.391 e. The van der Waals surface area contributed by atoms with E-state index in [9.17, 15) is 19.5 Å². The average Bonchev–Trinajstić information content (AvgIpc) is 3.21. The second-order valence-electron chi connectivity index (χ2n) is 8.35. The lowest BCUT2D eigenvalue weighted by atomic mass is 9.99. The van der Waals surface area contributed by atoms with E-state index < -0.39 is 30.1 Å². The maximum absolute atomic E-state index is 13.1. The highest BCUT2D eigenvalue weighted by Gasteiger charge is 2.40. The van der Waals surface area contributed by atoms with Crippen molar-refractivity contribution in [2.24, 2.45) is 5.73 Å². The third-order valence-electron chi connectivity index (χ3n) is 5.95. The minimum absolute atomic E-state index is 0.0112. The quantitative estimate of drug-likeness (QED) is 0.451. The van der Waals surface area contributed by atoms with E-state index in [4.69, 9.17) is 5.73 Å². The molecule has 2 aromatic rings. The van der Waals surface area contributed by atoms with Crippen LogP contribution in [0.5, 0.6) is 0 Å².